The number of esters is 1. The molecule has 23 heavy (non-hydrogen) atoms. The average molecular weight is 330 g/mol. The van der Waals surface area contributed by atoms with Crippen LogP contribution in [-0.2, 0) is 16.1 Å². The first kappa shape index (κ1) is 15.6. The van der Waals surface area contributed by atoms with Crippen LogP contribution in [0.2, 0.25) is 5.02 Å². The van der Waals surface area contributed by atoms with Gasteiger partial charge in [-0.3, -0.25) is 9.59 Å². The van der Waals surface area contributed by atoms with Crippen molar-refractivity contribution in [2.75, 3.05) is 12.0 Å². The molecule has 4 nitrogen and oxygen atoms in total. The number of rotatable bonds is 3. The molecule has 1 atom stereocenters. The van der Waals surface area contributed by atoms with Crippen LogP contribution in [0.3, 0.4) is 0 Å². The summed E-state index contributed by atoms with van der Waals surface area (Å²) in [6, 6.07) is 12.8. The molecule has 0 fully saturated rings. The van der Waals surface area contributed by atoms with Crippen molar-refractivity contribution in [3.05, 3.63) is 64.2 Å². The molecule has 1 aliphatic heterocycles. The Kier molecular flexibility index (Phi) is 4.09. The number of ether oxygens (including phenoxy) is 1. The quantitative estimate of drug-likeness (QED) is 0.805. The molecule has 1 amide bonds. The molecule has 0 spiro atoms. The second kappa shape index (κ2) is 6.05. The fraction of sp³-hybridized carbons (Fsp3) is 0.222. The van der Waals surface area contributed by atoms with Crippen LogP contribution in [0.15, 0.2) is 42.5 Å². The topological polar surface area (TPSA) is 46.6 Å². The van der Waals surface area contributed by atoms with Gasteiger partial charge in [-0.25, -0.2) is 0 Å². The molecule has 0 N–H and O–H groups in total. The minimum absolute atomic E-state index is 0.0590. The molecule has 1 aliphatic rings. The number of nitrogens with zero attached hydrogens (tertiary/aromatic N) is 1. The summed E-state index contributed by atoms with van der Waals surface area (Å²) in [6.45, 7) is 2.32. The zero-order valence-corrected chi connectivity index (χ0v) is 13.6. The van der Waals surface area contributed by atoms with Gasteiger partial charge in [0.15, 0.2) is 0 Å². The number of benzene rings is 2. The van der Waals surface area contributed by atoms with Crippen LogP contribution in [0.5, 0.6) is 0 Å². The van der Waals surface area contributed by atoms with E-state index in [2.05, 4.69) is 0 Å². The lowest BCUT2D eigenvalue weighted by Crippen LogP contribution is -2.23. The minimum Gasteiger partial charge on any atom is -0.469 e. The van der Waals surface area contributed by atoms with Gasteiger partial charge in [0.1, 0.15) is 0 Å². The Hall–Kier alpha value is -2.33. The Balaban J connectivity index is 1.84. The lowest BCUT2D eigenvalue weighted by atomic mass is 10.0. The molecular weight excluding hydrogens is 314 g/mol. The summed E-state index contributed by atoms with van der Waals surface area (Å²) in [7, 11) is 1.37. The molecule has 1 unspecified atom stereocenters. The highest BCUT2D eigenvalue weighted by Crippen LogP contribution is 2.31. The van der Waals surface area contributed by atoms with Gasteiger partial charge in [-0.1, -0.05) is 29.8 Å². The normalized spacial score (nSPS) is 14.6. The van der Waals surface area contributed by atoms with E-state index in [4.69, 9.17) is 16.3 Å². The van der Waals surface area contributed by atoms with Gasteiger partial charge in [0.25, 0.3) is 5.91 Å². The molecule has 2 aromatic carbocycles. The fourth-order valence-electron chi connectivity index (χ4n) is 2.74. The lowest BCUT2D eigenvalue weighted by molar-refractivity contribution is -0.141. The van der Waals surface area contributed by atoms with E-state index in [0.717, 1.165) is 16.8 Å². The zero-order chi connectivity index (χ0) is 16.6. The SMILES string of the molecule is COC(=O)C(C)c1ccc(N2Cc3ccc(Cl)cc3C2=O)cc1. The highest BCUT2D eigenvalue weighted by atomic mass is 35.5. The largest absolute Gasteiger partial charge is 0.469 e. The van der Waals surface area contributed by atoms with Gasteiger partial charge in [0.2, 0.25) is 0 Å². The third-order valence-corrected chi connectivity index (χ3v) is 4.37. The van der Waals surface area contributed by atoms with Gasteiger partial charge < -0.3 is 9.64 Å². The van der Waals surface area contributed by atoms with Crippen molar-refractivity contribution in [2.24, 2.45) is 0 Å². The van der Waals surface area contributed by atoms with Gasteiger partial charge in [-0.15, -0.1) is 0 Å². The third-order valence-electron chi connectivity index (χ3n) is 4.14. The molecule has 0 saturated carbocycles. The summed E-state index contributed by atoms with van der Waals surface area (Å²) in [5.74, 6) is -0.673. The van der Waals surface area contributed by atoms with E-state index in [1.807, 2.05) is 30.3 Å². The maximum Gasteiger partial charge on any atom is 0.312 e. The maximum absolute atomic E-state index is 12.5. The first-order chi connectivity index (χ1) is 11.0. The van der Waals surface area contributed by atoms with Crippen molar-refractivity contribution in [3.8, 4) is 0 Å². The third kappa shape index (κ3) is 2.82. The van der Waals surface area contributed by atoms with Crippen molar-refractivity contribution >= 4 is 29.2 Å². The summed E-state index contributed by atoms with van der Waals surface area (Å²) in [4.78, 5) is 25.8. The van der Waals surface area contributed by atoms with E-state index in [9.17, 15) is 9.59 Å². The summed E-state index contributed by atoms with van der Waals surface area (Å²) < 4.78 is 4.75. The first-order valence-electron chi connectivity index (χ1n) is 7.29. The molecule has 0 radical (unpaired) electrons. The fourth-order valence-corrected chi connectivity index (χ4v) is 2.91. The minimum atomic E-state index is -0.334. The summed E-state index contributed by atoms with van der Waals surface area (Å²) >= 11 is 5.97. The number of hydrogen-bond acceptors (Lipinski definition) is 3. The highest BCUT2D eigenvalue weighted by molar-refractivity contribution is 6.31. The van der Waals surface area contributed by atoms with E-state index in [1.54, 1.807) is 24.0 Å². The van der Waals surface area contributed by atoms with Gasteiger partial charge in [0.05, 0.1) is 19.6 Å². The molecule has 0 aliphatic carbocycles. The average Bonchev–Trinajstić information content (AvgIpc) is 2.90. The van der Waals surface area contributed by atoms with E-state index < -0.39 is 0 Å². The molecule has 0 aromatic heterocycles. The van der Waals surface area contributed by atoms with E-state index in [0.29, 0.717) is 17.1 Å². The van der Waals surface area contributed by atoms with Crippen LogP contribution >= 0.6 is 11.6 Å². The summed E-state index contributed by atoms with van der Waals surface area (Å²) in [5.41, 5.74) is 3.26. The van der Waals surface area contributed by atoms with Gasteiger partial charge in [-0.05, 0) is 42.3 Å². The maximum atomic E-state index is 12.5. The van der Waals surface area contributed by atoms with Crippen molar-refractivity contribution in [1.82, 2.24) is 0 Å². The second-order valence-electron chi connectivity index (χ2n) is 5.53. The Labute approximate surface area is 139 Å². The number of hydrogen-bond donors (Lipinski definition) is 0. The van der Waals surface area contributed by atoms with Crippen molar-refractivity contribution in [3.63, 3.8) is 0 Å². The molecule has 2 aromatic rings. The Morgan fingerprint density at radius 3 is 2.57 bits per heavy atom. The van der Waals surface area contributed by atoms with Crippen molar-refractivity contribution < 1.29 is 14.3 Å². The molecular formula is C18H16ClNO3. The number of anilines is 1. The van der Waals surface area contributed by atoms with Crippen LogP contribution in [0.25, 0.3) is 0 Å². The Bertz CT molecular complexity index is 770. The molecule has 118 valence electrons. The number of carbonyl (C=O) groups is 2. The number of fused-ring (bicyclic) bond motifs is 1. The lowest BCUT2D eigenvalue weighted by Gasteiger charge is -2.17. The van der Waals surface area contributed by atoms with Crippen LogP contribution in [0.4, 0.5) is 5.69 Å². The van der Waals surface area contributed by atoms with Crippen molar-refractivity contribution in [1.29, 1.82) is 0 Å². The summed E-state index contributed by atoms with van der Waals surface area (Å²) in [5, 5.41) is 0.557. The number of halogens is 1. The predicted octanol–water partition coefficient (Wildman–Crippen LogP) is 3.78. The second-order valence-corrected chi connectivity index (χ2v) is 5.97. The van der Waals surface area contributed by atoms with Gasteiger partial charge in [0, 0.05) is 16.3 Å². The highest BCUT2D eigenvalue weighted by Gasteiger charge is 2.28. The number of carbonyl (C=O) groups excluding carboxylic acids is 2. The Morgan fingerprint density at radius 1 is 1.22 bits per heavy atom. The van der Waals surface area contributed by atoms with E-state index in [-0.39, 0.29) is 17.8 Å². The van der Waals surface area contributed by atoms with Crippen LogP contribution in [0.1, 0.15) is 34.3 Å². The van der Waals surface area contributed by atoms with E-state index in [1.165, 1.54) is 7.11 Å². The predicted molar refractivity (Wildman–Crippen MR) is 88.8 cm³/mol. The zero-order valence-electron chi connectivity index (χ0n) is 12.9. The smallest absolute Gasteiger partial charge is 0.312 e. The summed E-state index contributed by atoms with van der Waals surface area (Å²) in [6.07, 6.45) is 0. The van der Waals surface area contributed by atoms with E-state index >= 15 is 0 Å². The molecule has 3 rings (SSSR count). The first-order valence-corrected chi connectivity index (χ1v) is 7.67. The molecule has 0 bridgehead atoms. The Morgan fingerprint density at radius 2 is 1.91 bits per heavy atom. The number of methoxy groups -OCH3 is 1. The molecule has 5 heteroatoms. The van der Waals surface area contributed by atoms with Gasteiger partial charge in [-0.2, -0.15) is 0 Å². The van der Waals surface area contributed by atoms with Crippen LogP contribution in [-0.4, -0.2) is 19.0 Å². The van der Waals surface area contributed by atoms with Crippen molar-refractivity contribution in [2.45, 2.75) is 19.4 Å². The van der Waals surface area contributed by atoms with Gasteiger partial charge >= 0.3 is 5.97 Å². The standard InChI is InChI=1S/C18H16ClNO3/c1-11(18(22)23-2)12-4-7-15(8-5-12)20-10-13-3-6-14(19)9-16(13)17(20)21/h3-9,11H,10H2,1-2H3. The molecule has 0 saturated heterocycles. The molecule has 1 heterocycles. The van der Waals surface area contributed by atoms with Crippen LogP contribution < -0.4 is 4.90 Å². The number of amides is 1. The monoisotopic (exact) mass is 329 g/mol. The van der Waals surface area contributed by atoms with Crippen LogP contribution in [0, 0.1) is 0 Å².